The Bertz CT molecular complexity index is 880. The third kappa shape index (κ3) is 5.04. The van der Waals surface area contributed by atoms with Crippen LogP contribution in [0.15, 0.2) is 36.5 Å². The number of nitrogens with one attached hydrogen (secondary N) is 1. The van der Waals surface area contributed by atoms with Crippen molar-refractivity contribution >= 4 is 17.6 Å². The highest BCUT2D eigenvalue weighted by Crippen LogP contribution is 2.29. The molecule has 1 aromatic carbocycles. The predicted octanol–water partition coefficient (Wildman–Crippen LogP) is 4.47. The molecule has 162 valence electrons. The van der Waals surface area contributed by atoms with Crippen molar-refractivity contribution in [3.63, 3.8) is 0 Å². The Kier molecular flexibility index (Phi) is 6.85. The van der Waals surface area contributed by atoms with Crippen LogP contribution >= 0.6 is 0 Å². The Labute approximate surface area is 179 Å². The fourth-order valence-corrected chi connectivity index (χ4v) is 3.72. The smallest absolute Gasteiger partial charge is 0.322 e. The van der Waals surface area contributed by atoms with Crippen molar-refractivity contribution in [3.8, 4) is 0 Å². The molecule has 6 heteroatoms. The average Bonchev–Trinajstić information content (AvgIpc) is 3.48. The fraction of sp³-hybridized carbons (Fsp3) is 0.500. The van der Waals surface area contributed by atoms with Gasteiger partial charge in [-0.05, 0) is 63.3 Å². The van der Waals surface area contributed by atoms with Crippen LogP contribution in [0.2, 0.25) is 0 Å². The minimum absolute atomic E-state index is 0.00987. The summed E-state index contributed by atoms with van der Waals surface area (Å²) in [5.41, 5.74) is 3.96. The van der Waals surface area contributed by atoms with Gasteiger partial charge in [0.05, 0.1) is 6.54 Å². The minimum atomic E-state index is -0.218. The summed E-state index contributed by atoms with van der Waals surface area (Å²) in [7, 11) is 1.99. The standard InChI is InChI=1S/C24H34N4O2/c1-6-19(4)27(24(30)25-23-17(2)9-7-10-18(23)3)16-22(29)28(20-12-13-20)15-21-11-8-14-26(21)5/h7-11,14,19-20H,6,12-13,15-16H2,1-5H3,(H,25,30). The van der Waals surface area contributed by atoms with Crippen molar-refractivity contribution in [2.75, 3.05) is 11.9 Å². The van der Waals surface area contributed by atoms with Gasteiger partial charge in [0.2, 0.25) is 5.91 Å². The van der Waals surface area contributed by atoms with Gasteiger partial charge in [-0.15, -0.1) is 0 Å². The lowest BCUT2D eigenvalue weighted by Gasteiger charge is -2.32. The number of hydrogen-bond acceptors (Lipinski definition) is 2. The average molecular weight is 411 g/mol. The molecule has 1 fully saturated rings. The Morgan fingerprint density at radius 2 is 1.83 bits per heavy atom. The number of carbonyl (C=O) groups is 2. The third-order valence-electron chi connectivity index (χ3n) is 6.09. The van der Waals surface area contributed by atoms with E-state index in [0.29, 0.717) is 6.54 Å². The SMILES string of the molecule is CCC(C)N(CC(=O)N(Cc1cccn1C)C1CC1)C(=O)Nc1c(C)cccc1C. The van der Waals surface area contributed by atoms with Gasteiger partial charge in [0.1, 0.15) is 6.54 Å². The lowest BCUT2D eigenvalue weighted by molar-refractivity contribution is -0.133. The zero-order valence-electron chi connectivity index (χ0n) is 18.8. The molecule has 3 rings (SSSR count). The second-order valence-electron chi connectivity index (χ2n) is 8.45. The Balaban J connectivity index is 1.75. The normalized spacial score (nSPS) is 14.3. The van der Waals surface area contributed by atoms with E-state index in [1.807, 2.05) is 80.7 Å². The second-order valence-corrected chi connectivity index (χ2v) is 8.45. The number of hydrogen-bond donors (Lipinski definition) is 1. The molecule has 1 N–H and O–H groups in total. The largest absolute Gasteiger partial charge is 0.353 e. The van der Waals surface area contributed by atoms with Crippen molar-refractivity contribution in [2.24, 2.45) is 7.05 Å². The van der Waals surface area contributed by atoms with E-state index >= 15 is 0 Å². The number of para-hydroxylation sites is 1. The quantitative estimate of drug-likeness (QED) is 0.698. The Hall–Kier alpha value is -2.76. The highest BCUT2D eigenvalue weighted by Gasteiger charge is 2.35. The summed E-state index contributed by atoms with van der Waals surface area (Å²) >= 11 is 0. The van der Waals surface area contributed by atoms with Gasteiger partial charge in [0.25, 0.3) is 0 Å². The molecule has 0 radical (unpaired) electrons. The molecule has 1 saturated carbocycles. The van der Waals surface area contributed by atoms with Crippen molar-refractivity contribution in [1.29, 1.82) is 0 Å². The molecule has 1 unspecified atom stereocenters. The van der Waals surface area contributed by atoms with Crippen LogP contribution in [0.1, 0.15) is 49.9 Å². The van der Waals surface area contributed by atoms with Crippen molar-refractivity contribution in [3.05, 3.63) is 53.3 Å². The van der Waals surface area contributed by atoms with E-state index in [9.17, 15) is 9.59 Å². The molecule has 3 amide bonds. The van der Waals surface area contributed by atoms with Gasteiger partial charge < -0.3 is 19.7 Å². The number of anilines is 1. The van der Waals surface area contributed by atoms with E-state index in [4.69, 9.17) is 0 Å². The van der Waals surface area contributed by atoms with Crippen LogP contribution < -0.4 is 5.32 Å². The Morgan fingerprint density at radius 3 is 2.37 bits per heavy atom. The molecule has 1 aliphatic carbocycles. The van der Waals surface area contributed by atoms with Crippen LogP contribution in [0, 0.1) is 13.8 Å². The summed E-state index contributed by atoms with van der Waals surface area (Å²) in [5.74, 6) is 0.00987. The lowest BCUT2D eigenvalue weighted by atomic mass is 10.1. The van der Waals surface area contributed by atoms with Gasteiger partial charge in [-0.25, -0.2) is 4.79 Å². The predicted molar refractivity (Wildman–Crippen MR) is 120 cm³/mol. The first-order valence-electron chi connectivity index (χ1n) is 10.8. The number of nitrogens with zero attached hydrogens (tertiary/aromatic N) is 3. The van der Waals surface area contributed by atoms with Gasteiger partial charge in [-0.2, -0.15) is 0 Å². The fourth-order valence-electron chi connectivity index (χ4n) is 3.72. The van der Waals surface area contributed by atoms with E-state index in [0.717, 1.165) is 41.8 Å². The van der Waals surface area contributed by atoms with E-state index in [-0.39, 0.29) is 30.6 Å². The van der Waals surface area contributed by atoms with Crippen molar-refractivity contribution in [1.82, 2.24) is 14.4 Å². The number of aryl methyl sites for hydroxylation is 3. The number of urea groups is 1. The molecular weight excluding hydrogens is 376 g/mol. The first-order chi connectivity index (χ1) is 14.3. The molecule has 30 heavy (non-hydrogen) atoms. The summed E-state index contributed by atoms with van der Waals surface area (Å²) in [6.07, 6.45) is 4.85. The maximum absolute atomic E-state index is 13.3. The molecule has 6 nitrogen and oxygen atoms in total. The van der Waals surface area contributed by atoms with Crippen LogP contribution in [-0.2, 0) is 18.4 Å². The summed E-state index contributed by atoms with van der Waals surface area (Å²) in [4.78, 5) is 30.1. The summed E-state index contributed by atoms with van der Waals surface area (Å²) in [5, 5.41) is 3.05. The molecule has 1 aromatic heterocycles. The first-order valence-corrected chi connectivity index (χ1v) is 10.8. The monoisotopic (exact) mass is 410 g/mol. The van der Waals surface area contributed by atoms with Gasteiger partial charge in [0.15, 0.2) is 0 Å². The van der Waals surface area contributed by atoms with E-state index in [2.05, 4.69) is 5.32 Å². The van der Waals surface area contributed by atoms with Crippen LogP contribution in [0.5, 0.6) is 0 Å². The van der Waals surface area contributed by atoms with Gasteiger partial charge >= 0.3 is 6.03 Å². The number of benzene rings is 1. The molecule has 0 bridgehead atoms. The minimum Gasteiger partial charge on any atom is -0.353 e. The molecule has 2 aromatic rings. The summed E-state index contributed by atoms with van der Waals surface area (Å²) in [6, 6.07) is 10.0. The van der Waals surface area contributed by atoms with Crippen molar-refractivity contribution in [2.45, 2.75) is 65.6 Å². The van der Waals surface area contributed by atoms with Gasteiger partial charge in [-0.1, -0.05) is 25.1 Å². The molecular formula is C24H34N4O2. The van der Waals surface area contributed by atoms with Crippen LogP contribution in [0.25, 0.3) is 0 Å². The van der Waals surface area contributed by atoms with Gasteiger partial charge in [-0.3, -0.25) is 4.79 Å². The van der Waals surface area contributed by atoms with E-state index in [1.54, 1.807) is 4.90 Å². The highest BCUT2D eigenvalue weighted by molar-refractivity contribution is 5.94. The lowest BCUT2D eigenvalue weighted by Crippen LogP contribution is -2.48. The van der Waals surface area contributed by atoms with E-state index < -0.39 is 0 Å². The summed E-state index contributed by atoms with van der Waals surface area (Å²) < 4.78 is 2.04. The van der Waals surface area contributed by atoms with Crippen LogP contribution in [0.4, 0.5) is 10.5 Å². The van der Waals surface area contributed by atoms with Crippen molar-refractivity contribution < 1.29 is 9.59 Å². The summed E-state index contributed by atoms with van der Waals surface area (Å²) in [6.45, 7) is 8.67. The molecule has 0 spiro atoms. The van der Waals surface area contributed by atoms with Gasteiger partial charge in [0, 0.05) is 36.7 Å². The number of carbonyl (C=O) groups excluding carboxylic acids is 2. The zero-order valence-corrected chi connectivity index (χ0v) is 18.8. The third-order valence-corrected chi connectivity index (χ3v) is 6.09. The Morgan fingerprint density at radius 1 is 1.17 bits per heavy atom. The zero-order chi connectivity index (χ0) is 21.8. The number of rotatable bonds is 8. The topological polar surface area (TPSA) is 57.6 Å². The number of aromatic nitrogens is 1. The molecule has 1 heterocycles. The second kappa shape index (κ2) is 9.37. The molecule has 1 aliphatic rings. The first kappa shape index (κ1) is 21.9. The highest BCUT2D eigenvalue weighted by atomic mass is 16.2. The molecule has 1 atom stereocenters. The number of amides is 3. The van der Waals surface area contributed by atoms with Crippen LogP contribution in [-0.4, -0.2) is 44.9 Å². The van der Waals surface area contributed by atoms with Crippen LogP contribution in [0.3, 0.4) is 0 Å². The van der Waals surface area contributed by atoms with E-state index in [1.165, 1.54) is 0 Å². The maximum Gasteiger partial charge on any atom is 0.322 e. The molecule has 0 saturated heterocycles. The molecule has 0 aliphatic heterocycles. The maximum atomic E-state index is 13.3.